The van der Waals surface area contributed by atoms with Crippen molar-refractivity contribution < 1.29 is 9.90 Å². The van der Waals surface area contributed by atoms with Gasteiger partial charge in [0.15, 0.2) is 0 Å². The van der Waals surface area contributed by atoms with E-state index in [4.69, 9.17) is 11.6 Å². The molecule has 0 aliphatic heterocycles. The Kier molecular flexibility index (Phi) is 4.14. The number of aromatic nitrogens is 1. The Labute approximate surface area is 146 Å². The first kappa shape index (κ1) is 16.6. The fraction of sp³-hybridized carbons (Fsp3) is 0.250. The minimum absolute atomic E-state index is 0.00634. The average Bonchev–Trinajstić information content (AvgIpc) is 2.84. The first-order valence-electron chi connectivity index (χ1n) is 7.88. The van der Waals surface area contributed by atoms with E-state index in [-0.39, 0.29) is 11.8 Å². The third-order valence-electron chi connectivity index (χ3n) is 4.23. The van der Waals surface area contributed by atoms with E-state index in [1.807, 2.05) is 30.3 Å². The predicted octanol–water partition coefficient (Wildman–Crippen LogP) is 5.41. The Balaban J connectivity index is 2.25. The highest BCUT2D eigenvalue weighted by molar-refractivity contribution is 6.30. The summed E-state index contributed by atoms with van der Waals surface area (Å²) in [6, 6.07) is 13.7. The van der Waals surface area contributed by atoms with Crippen molar-refractivity contribution in [3.05, 3.63) is 58.6 Å². The molecule has 0 aliphatic carbocycles. The van der Waals surface area contributed by atoms with Crippen LogP contribution >= 0.6 is 11.6 Å². The molecule has 24 heavy (non-hydrogen) atoms. The molecule has 0 aliphatic rings. The van der Waals surface area contributed by atoms with E-state index >= 15 is 0 Å². The quantitative estimate of drug-likeness (QED) is 0.669. The first-order chi connectivity index (χ1) is 11.3. The average molecular weight is 342 g/mol. The van der Waals surface area contributed by atoms with Crippen LogP contribution in [-0.4, -0.2) is 16.1 Å². The Morgan fingerprint density at radius 1 is 1.12 bits per heavy atom. The summed E-state index contributed by atoms with van der Waals surface area (Å²) in [5.74, 6) is -0.840. The molecule has 0 saturated carbocycles. The van der Waals surface area contributed by atoms with Crippen molar-refractivity contribution in [3.63, 3.8) is 0 Å². The first-order valence-corrected chi connectivity index (χ1v) is 8.26. The van der Waals surface area contributed by atoms with Gasteiger partial charge in [-0.3, -0.25) is 4.79 Å². The minimum Gasteiger partial charge on any atom is -0.481 e. The number of carboxylic acids is 1. The van der Waals surface area contributed by atoms with E-state index in [1.165, 1.54) is 5.56 Å². The van der Waals surface area contributed by atoms with Crippen molar-refractivity contribution in [2.24, 2.45) is 0 Å². The molecule has 1 heterocycles. The fourth-order valence-electron chi connectivity index (χ4n) is 2.91. The highest BCUT2D eigenvalue weighted by Gasteiger charge is 2.19. The van der Waals surface area contributed by atoms with Crippen molar-refractivity contribution >= 4 is 28.5 Å². The number of benzene rings is 2. The van der Waals surface area contributed by atoms with Gasteiger partial charge in [-0.25, -0.2) is 0 Å². The van der Waals surface area contributed by atoms with Crippen LogP contribution in [0, 0.1) is 0 Å². The molecule has 0 radical (unpaired) electrons. The van der Waals surface area contributed by atoms with Crippen molar-refractivity contribution in [2.45, 2.75) is 32.6 Å². The number of H-pyrrole nitrogens is 1. The van der Waals surface area contributed by atoms with E-state index in [9.17, 15) is 9.90 Å². The molecular formula is C20H20ClNO2. The zero-order chi connectivity index (χ0) is 17.5. The maximum Gasteiger partial charge on any atom is 0.307 e. The van der Waals surface area contributed by atoms with Gasteiger partial charge in [0.25, 0.3) is 0 Å². The van der Waals surface area contributed by atoms with Gasteiger partial charge in [0.1, 0.15) is 0 Å². The van der Waals surface area contributed by atoms with Crippen molar-refractivity contribution in [1.29, 1.82) is 0 Å². The molecular weight excluding hydrogens is 322 g/mol. The lowest BCUT2D eigenvalue weighted by molar-refractivity contribution is -0.136. The van der Waals surface area contributed by atoms with E-state index in [2.05, 4.69) is 37.9 Å². The monoisotopic (exact) mass is 341 g/mol. The second-order valence-electron chi connectivity index (χ2n) is 7.07. The summed E-state index contributed by atoms with van der Waals surface area (Å²) < 4.78 is 0. The van der Waals surface area contributed by atoms with Crippen LogP contribution in [0.2, 0.25) is 5.02 Å². The van der Waals surface area contributed by atoms with Crippen LogP contribution in [-0.2, 0) is 16.6 Å². The van der Waals surface area contributed by atoms with Crippen LogP contribution in [0.15, 0.2) is 42.5 Å². The molecule has 0 bridgehead atoms. The summed E-state index contributed by atoms with van der Waals surface area (Å²) in [5.41, 5.74) is 4.73. The van der Waals surface area contributed by atoms with Gasteiger partial charge in [-0.1, -0.05) is 50.6 Å². The van der Waals surface area contributed by atoms with Gasteiger partial charge in [-0.15, -0.1) is 0 Å². The van der Waals surface area contributed by atoms with E-state index in [0.717, 1.165) is 27.7 Å². The summed E-state index contributed by atoms with van der Waals surface area (Å²) in [6.45, 7) is 6.45. The number of fused-ring (bicyclic) bond motifs is 1. The number of hydrogen-bond donors (Lipinski definition) is 2. The van der Waals surface area contributed by atoms with Gasteiger partial charge in [0.2, 0.25) is 0 Å². The van der Waals surface area contributed by atoms with Crippen LogP contribution in [0.25, 0.3) is 22.2 Å². The fourth-order valence-corrected chi connectivity index (χ4v) is 3.04. The number of carboxylic acid groups (broad SMARTS) is 1. The molecule has 0 atom stereocenters. The van der Waals surface area contributed by atoms with Crippen LogP contribution in [0.3, 0.4) is 0 Å². The van der Waals surface area contributed by atoms with Crippen molar-refractivity contribution in [3.8, 4) is 11.3 Å². The SMILES string of the molecule is CC(C)(C)c1ccc2[nH]c(-c3ccc(Cl)cc3)c(CC(=O)O)c2c1. The lowest BCUT2D eigenvalue weighted by Crippen LogP contribution is -2.10. The zero-order valence-electron chi connectivity index (χ0n) is 14.0. The molecule has 0 fully saturated rings. The third-order valence-corrected chi connectivity index (χ3v) is 4.49. The lowest BCUT2D eigenvalue weighted by atomic mass is 9.86. The number of carbonyl (C=O) groups is 1. The van der Waals surface area contributed by atoms with Gasteiger partial charge in [-0.05, 0) is 46.4 Å². The number of nitrogens with one attached hydrogen (secondary N) is 1. The van der Waals surface area contributed by atoms with Crippen molar-refractivity contribution in [2.75, 3.05) is 0 Å². The summed E-state index contributed by atoms with van der Waals surface area (Å²) in [5, 5.41) is 11.0. The Morgan fingerprint density at radius 2 is 1.79 bits per heavy atom. The molecule has 2 aromatic carbocycles. The second kappa shape index (κ2) is 5.99. The highest BCUT2D eigenvalue weighted by atomic mass is 35.5. The van der Waals surface area contributed by atoms with Crippen LogP contribution < -0.4 is 0 Å². The maximum atomic E-state index is 11.4. The van der Waals surface area contributed by atoms with Crippen molar-refractivity contribution in [1.82, 2.24) is 4.98 Å². The van der Waals surface area contributed by atoms with Gasteiger partial charge in [-0.2, -0.15) is 0 Å². The van der Waals surface area contributed by atoms with Gasteiger partial charge >= 0.3 is 5.97 Å². The van der Waals surface area contributed by atoms with Crippen LogP contribution in [0.5, 0.6) is 0 Å². The summed E-state index contributed by atoms with van der Waals surface area (Å²) in [6.07, 6.45) is -0.0223. The zero-order valence-corrected chi connectivity index (χ0v) is 14.7. The molecule has 0 amide bonds. The van der Waals surface area contributed by atoms with E-state index in [0.29, 0.717) is 5.02 Å². The van der Waals surface area contributed by atoms with E-state index in [1.54, 1.807) is 0 Å². The smallest absolute Gasteiger partial charge is 0.307 e. The summed E-state index contributed by atoms with van der Waals surface area (Å²) >= 11 is 5.97. The van der Waals surface area contributed by atoms with Crippen LogP contribution in [0.4, 0.5) is 0 Å². The van der Waals surface area contributed by atoms with Crippen LogP contribution in [0.1, 0.15) is 31.9 Å². The van der Waals surface area contributed by atoms with Gasteiger partial charge < -0.3 is 10.1 Å². The Morgan fingerprint density at radius 3 is 2.38 bits per heavy atom. The van der Waals surface area contributed by atoms with Gasteiger partial charge in [0, 0.05) is 15.9 Å². The lowest BCUT2D eigenvalue weighted by Gasteiger charge is -2.19. The summed E-state index contributed by atoms with van der Waals surface area (Å²) in [7, 11) is 0. The molecule has 2 N–H and O–H groups in total. The molecule has 0 unspecified atom stereocenters. The highest BCUT2D eigenvalue weighted by Crippen LogP contribution is 2.34. The Hall–Kier alpha value is -2.26. The molecule has 124 valence electrons. The Bertz CT molecular complexity index is 902. The molecule has 3 rings (SSSR count). The van der Waals surface area contributed by atoms with Gasteiger partial charge in [0.05, 0.1) is 12.1 Å². The standard InChI is InChI=1S/C20H20ClNO2/c1-20(2,3)13-6-9-17-15(10-13)16(11-18(23)24)19(22-17)12-4-7-14(21)8-5-12/h4-10,22H,11H2,1-3H3,(H,23,24). The minimum atomic E-state index is -0.840. The molecule has 3 nitrogen and oxygen atoms in total. The second-order valence-corrected chi connectivity index (χ2v) is 7.50. The number of hydrogen-bond acceptors (Lipinski definition) is 1. The number of halogens is 1. The number of rotatable bonds is 3. The normalized spacial score (nSPS) is 11.8. The largest absolute Gasteiger partial charge is 0.481 e. The topological polar surface area (TPSA) is 53.1 Å². The molecule has 0 saturated heterocycles. The molecule has 3 aromatic rings. The molecule has 1 aromatic heterocycles. The maximum absolute atomic E-state index is 11.4. The molecule has 0 spiro atoms. The molecule has 4 heteroatoms. The number of aromatic amines is 1. The predicted molar refractivity (Wildman–Crippen MR) is 98.8 cm³/mol. The third kappa shape index (κ3) is 3.17. The summed E-state index contributed by atoms with van der Waals surface area (Å²) in [4.78, 5) is 14.8. The number of aliphatic carboxylic acids is 1. The van der Waals surface area contributed by atoms with E-state index < -0.39 is 5.97 Å².